The van der Waals surface area contributed by atoms with Crippen molar-refractivity contribution in [2.24, 2.45) is 7.05 Å². The Bertz CT molecular complexity index is 569. The molecule has 0 N–H and O–H groups in total. The molecule has 1 aromatic heterocycles. The molecule has 0 aliphatic heterocycles. The summed E-state index contributed by atoms with van der Waals surface area (Å²) in [7, 11) is 3.39. The maximum Gasteiger partial charge on any atom is 0.226 e. The van der Waals surface area contributed by atoms with Gasteiger partial charge < -0.3 is 4.74 Å². The first kappa shape index (κ1) is 12.7. The average molecular weight is 336 g/mol. The van der Waals surface area contributed by atoms with Crippen molar-refractivity contribution in [3.8, 4) is 17.1 Å². The lowest BCUT2D eigenvalue weighted by molar-refractivity contribution is 0.371. The highest BCUT2D eigenvalue weighted by Gasteiger charge is 2.17. The zero-order valence-corrected chi connectivity index (χ0v) is 12.3. The lowest BCUT2D eigenvalue weighted by atomic mass is 10.1. The second-order valence-electron chi connectivity index (χ2n) is 3.42. The number of benzene rings is 1. The smallest absolute Gasteiger partial charge is 0.226 e. The highest BCUT2D eigenvalue weighted by atomic mass is 79.9. The fraction of sp³-hybridized carbons (Fsp3) is 0.182. The van der Waals surface area contributed by atoms with Crippen LogP contribution in [0.4, 0.5) is 0 Å². The van der Waals surface area contributed by atoms with E-state index in [4.69, 9.17) is 27.9 Å². The van der Waals surface area contributed by atoms with Crippen molar-refractivity contribution in [1.82, 2.24) is 9.78 Å². The van der Waals surface area contributed by atoms with Crippen LogP contribution in [0.25, 0.3) is 11.3 Å². The number of hydrogen-bond donors (Lipinski definition) is 0. The Morgan fingerprint density at radius 1 is 1.35 bits per heavy atom. The monoisotopic (exact) mass is 334 g/mol. The highest BCUT2D eigenvalue weighted by Crippen LogP contribution is 2.38. The molecular formula is C11H9BrCl2N2O. The molecule has 0 bridgehead atoms. The number of halogens is 3. The third-order valence-corrected chi connectivity index (χ3v) is 3.58. The van der Waals surface area contributed by atoms with Crippen molar-refractivity contribution in [3.05, 3.63) is 32.7 Å². The summed E-state index contributed by atoms with van der Waals surface area (Å²) in [6.45, 7) is 0. The van der Waals surface area contributed by atoms with Gasteiger partial charge in [-0.05, 0) is 34.1 Å². The van der Waals surface area contributed by atoms with Crippen LogP contribution in [-0.4, -0.2) is 16.9 Å². The van der Waals surface area contributed by atoms with Gasteiger partial charge in [0.05, 0.1) is 12.1 Å². The molecule has 0 radical (unpaired) electrons. The second kappa shape index (κ2) is 4.88. The minimum Gasteiger partial charge on any atom is -0.480 e. The first-order chi connectivity index (χ1) is 8.04. The molecule has 1 aromatic carbocycles. The topological polar surface area (TPSA) is 27.1 Å². The van der Waals surface area contributed by atoms with Gasteiger partial charge in [0.2, 0.25) is 5.88 Å². The Morgan fingerprint density at radius 2 is 2.06 bits per heavy atom. The summed E-state index contributed by atoms with van der Waals surface area (Å²) in [5.41, 5.74) is 1.54. The van der Waals surface area contributed by atoms with Gasteiger partial charge >= 0.3 is 0 Å². The fourth-order valence-electron chi connectivity index (χ4n) is 1.56. The fourth-order valence-corrected chi connectivity index (χ4v) is 2.77. The van der Waals surface area contributed by atoms with Gasteiger partial charge in [-0.3, -0.25) is 0 Å². The summed E-state index contributed by atoms with van der Waals surface area (Å²) in [5, 5.41) is 5.51. The van der Waals surface area contributed by atoms with Crippen LogP contribution in [0.5, 0.6) is 5.88 Å². The minimum atomic E-state index is 0.555. The molecule has 2 aromatic rings. The van der Waals surface area contributed by atoms with Crippen molar-refractivity contribution in [3.63, 3.8) is 0 Å². The number of methoxy groups -OCH3 is 1. The standard InChI is InChI=1S/C11H9BrCl2N2O/c1-16-11(17-2)9(12)10(15-16)7-4-3-6(13)5-8(7)14/h3-5H,1-2H3. The molecule has 0 unspecified atom stereocenters. The van der Waals surface area contributed by atoms with E-state index in [1.807, 2.05) is 6.07 Å². The van der Waals surface area contributed by atoms with Gasteiger partial charge in [0.15, 0.2) is 0 Å². The van der Waals surface area contributed by atoms with Crippen LogP contribution < -0.4 is 4.74 Å². The Hall–Kier alpha value is -0.710. The van der Waals surface area contributed by atoms with Crippen LogP contribution in [0, 0.1) is 0 Å². The van der Waals surface area contributed by atoms with Gasteiger partial charge in [0.1, 0.15) is 10.2 Å². The third-order valence-electron chi connectivity index (χ3n) is 2.32. The van der Waals surface area contributed by atoms with E-state index in [9.17, 15) is 0 Å². The predicted molar refractivity (Wildman–Crippen MR) is 72.9 cm³/mol. The molecule has 1 heterocycles. The molecule has 0 saturated carbocycles. The van der Waals surface area contributed by atoms with Gasteiger partial charge in [-0.1, -0.05) is 23.2 Å². The lowest BCUT2D eigenvalue weighted by Gasteiger charge is -2.02. The zero-order valence-electron chi connectivity index (χ0n) is 9.17. The van der Waals surface area contributed by atoms with E-state index in [1.165, 1.54) is 0 Å². The Balaban J connectivity index is 2.61. The largest absolute Gasteiger partial charge is 0.480 e. The van der Waals surface area contributed by atoms with Crippen LogP contribution in [-0.2, 0) is 7.05 Å². The molecule has 0 spiro atoms. The third kappa shape index (κ3) is 2.30. The minimum absolute atomic E-state index is 0.555. The summed E-state index contributed by atoms with van der Waals surface area (Å²) in [6.07, 6.45) is 0. The van der Waals surface area contributed by atoms with Gasteiger partial charge in [-0.15, -0.1) is 0 Å². The molecule has 0 amide bonds. The van der Waals surface area contributed by atoms with Crippen molar-refractivity contribution >= 4 is 39.1 Å². The first-order valence-electron chi connectivity index (χ1n) is 4.76. The molecule has 0 aliphatic rings. The predicted octanol–water partition coefficient (Wildman–Crippen LogP) is 4.17. The number of aromatic nitrogens is 2. The van der Waals surface area contributed by atoms with Crippen LogP contribution in [0.15, 0.2) is 22.7 Å². The summed E-state index contributed by atoms with van der Waals surface area (Å²) in [6, 6.07) is 5.29. The maximum atomic E-state index is 6.15. The Kier molecular flexibility index (Phi) is 3.66. The van der Waals surface area contributed by atoms with Crippen LogP contribution in [0.1, 0.15) is 0 Å². The average Bonchev–Trinajstić information content (AvgIpc) is 2.54. The van der Waals surface area contributed by atoms with Gasteiger partial charge in [-0.2, -0.15) is 5.10 Å². The number of nitrogens with zero attached hydrogens (tertiary/aromatic N) is 2. The number of ether oxygens (including phenoxy) is 1. The van der Waals surface area contributed by atoms with Crippen LogP contribution in [0.2, 0.25) is 10.0 Å². The normalized spacial score (nSPS) is 10.6. The van der Waals surface area contributed by atoms with Gasteiger partial charge in [0, 0.05) is 17.6 Å². The molecular weight excluding hydrogens is 327 g/mol. The molecule has 3 nitrogen and oxygen atoms in total. The molecule has 6 heteroatoms. The summed E-state index contributed by atoms with van der Waals surface area (Å²) in [4.78, 5) is 0. The molecule has 17 heavy (non-hydrogen) atoms. The molecule has 0 fully saturated rings. The summed E-state index contributed by atoms with van der Waals surface area (Å²) in [5.74, 6) is 0.644. The van der Waals surface area contributed by atoms with Crippen molar-refractivity contribution in [1.29, 1.82) is 0 Å². The summed E-state index contributed by atoms with van der Waals surface area (Å²) < 4.78 is 7.64. The molecule has 0 atom stereocenters. The van der Waals surface area contributed by atoms with Crippen molar-refractivity contribution in [2.75, 3.05) is 7.11 Å². The van der Waals surface area contributed by atoms with Gasteiger partial charge in [0.25, 0.3) is 0 Å². The summed E-state index contributed by atoms with van der Waals surface area (Å²) >= 11 is 15.5. The van der Waals surface area contributed by atoms with E-state index in [2.05, 4.69) is 21.0 Å². The number of rotatable bonds is 2. The van der Waals surface area contributed by atoms with Crippen LogP contribution >= 0.6 is 39.1 Å². The van der Waals surface area contributed by atoms with E-state index < -0.39 is 0 Å². The molecule has 2 rings (SSSR count). The maximum absolute atomic E-state index is 6.15. The van der Waals surface area contributed by atoms with E-state index in [0.717, 1.165) is 15.7 Å². The second-order valence-corrected chi connectivity index (χ2v) is 5.06. The molecule has 90 valence electrons. The zero-order chi connectivity index (χ0) is 12.6. The van der Waals surface area contributed by atoms with Crippen molar-refractivity contribution in [2.45, 2.75) is 0 Å². The first-order valence-corrected chi connectivity index (χ1v) is 6.31. The molecule has 0 saturated heterocycles. The molecule has 0 aliphatic carbocycles. The SMILES string of the molecule is COc1c(Br)c(-c2ccc(Cl)cc2Cl)nn1C. The lowest BCUT2D eigenvalue weighted by Crippen LogP contribution is -1.94. The number of aryl methyl sites for hydroxylation is 1. The highest BCUT2D eigenvalue weighted by molar-refractivity contribution is 9.10. The van der Waals surface area contributed by atoms with Crippen molar-refractivity contribution < 1.29 is 4.74 Å². The van der Waals surface area contributed by atoms with Gasteiger partial charge in [-0.25, -0.2) is 4.68 Å². The number of hydrogen-bond acceptors (Lipinski definition) is 2. The quantitative estimate of drug-likeness (QED) is 0.823. The van der Waals surface area contributed by atoms with E-state index in [-0.39, 0.29) is 0 Å². The Labute approximate surface area is 117 Å². The Morgan fingerprint density at radius 3 is 2.59 bits per heavy atom. The van der Waals surface area contributed by atoms with E-state index in [1.54, 1.807) is 31.0 Å². The van der Waals surface area contributed by atoms with E-state index in [0.29, 0.717) is 15.9 Å². The van der Waals surface area contributed by atoms with E-state index >= 15 is 0 Å². The van der Waals surface area contributed by atoms with Crippen LogP contribution in [0.3, 0.4) is 0 Å².